The third-order valence-electron chi connectivity index (χ3n) is 3.37. The van der Waals surface area contributed by atoms with E-state index in [0.29, 0.717) is 5.75 Å². The van der Waals surface area contributed by atoms with Crippen molar-refractivity contribution in [2.75, 3.05) is 0 Å². The average molecular weight is 349 g/mol. The lowest BCUT2D eigenvalue weighted by molar-refractivity contribution is 0.0844. The van der Waals surface area contributed by atoms with E-state index in [4.69, 9.17) is 4.74 Å². The topological polar surface area (TPSA) is 101 Å². The molecule has 26 heavy (non-hydrogen) atoms. The Morgan fingerprint density at radius 2 is 1.65 bits per heavy atom. The van der Waals surface area contributed by atoms with Gasteiger partial charge in [-0.1, -0.05) is 24.3 Å². The molecule has 7 nitrogen and oxygen atoms in total. The van der Waals surface area contributed by atoms with Gasteiger partial charge in [0.25, 0.3) is 11.8 Å². The minimum Gasteiger partial charge on any atom is -0.508 e. The third-order valence-corrected chi connectivity index (χ3v) is 3.37. The molecule has 0 aliphatic carbocycles. The summed E-state index contributed by atoms with van der Waals surface area (Å²) in [5.74, 6) is -0.553. The first-order chi connectivity index (χ1) is 12.6. The fourth-order valence-electron chi connectivity index (χ4n) is 2.15. The van der Waals surface area contributed by atoms with Crippen LogP contribution in [-0.4, -0.2) is 21.9 Å². The predicted octanol–water partition coefficient (Wildman–Crippen LogP) is 2.65. The van der Waals surface area contributed by atoms with Crippen molar-refractivity contribution in [3.8, 4) is 17.4 Å². The minimum absolute atomic E-state index is 0.0465. The molecule has 2 aromatic carbocycles. The van der Waals surface area contributed by atoms with Gasteiger partial charge in [-0.2, -0.15) is 0 Å². The van der Waals surface area contributed by atoms with E-state index in [1.54, 1.807) is 30.3 Å². The van der Waals surface area contributed by atoms with Crippen LogP contribution in [0, 0.1) is 0 Å². The number of phenols is 1. The fourth-order valence-corrected chi connectivity index (χ4v) is 2.15. The average Bonchev–Trinajstić information content (AvgIpc) is 2.67. The van der Waals surface area contributed by atoms with Crippen LogP contribution in [0.2, 0.25) is 0 Å². The second-order valence-corrected chi connectivity index (χ2v) is 5.23. The summed E-state index contributed by atoms with van der Waals surface area (Å²) in [5, 5.41) is 9.40. The van der Waals surface area contributed by atoms with Gasteiger partial charge in [0.2, 0.25) is 5.88 Å². The summed E-state index contributed by atoms with van der Waals surface area (Å²) in [6.45, 7) is 0. The molecule has 0 aliphatic heterocycles. The molecule has 7 heteroatoms. The normalized spacial score (nSPS) is 10.0. The van der Waals surface area contributed by atoms with Gasteiger partial charge in [-0.25, -0.2) is 4.98 Å². The van der Waals surface area contributed by atoms with Crippen molar-refractivity contribution in [2.24, 2.45) is 0 Å². The molecule has 3 aromatic rings. The summed E-state index contributed by atoms with van der Waals surface area (Å²) in [5.41, 5.74) is 4.95. The number of nitrogens with zero attached hydrogens (tertiary/aromatic N) is 1. The first-order valence-corrected chi connectivity index (χ1v) is 7.71. The second kappa shape index (κ2) is 7.80. The quantitative estimate of drug-likeness (QED) is 0.629. The van der Waals surface area contributed by atoms with Crippen LogP contribution < -0.4 is 15.6 Å². The maximum absolute atomic E-state index is 12.4. The number of aromatic nitrogens is 1. The zero-order chi connectivity index (χ0) is 18.4. The summed E-state index contributed by atoms with van der Waals surface area (Å²) >= 11 is 0. The largest absolute Gasteiger partial charge is 0.508 e. The Kier molecular flexibility index (Phi) is 5.09. The maximum Gasteiger partial charge on any atom is 0.275 e. The molecule has 130 valence electrons. The van der Waals surface area contributed by atoms with Crippen LogP contribution in [0.25, 0.3) is 0 Å². The molecule has 0 saturated heterocycles. The van der Waals surface area contributed by atoms with Crippen molar-refractivity contribution in [3.63, 3.8) is 0 Å². The number of aromatic hydroxyl groups is 1. The molecule has 2 amide bonds. The molecule has 0 unspecified atom stereocenters. The number of hydrogen-bond acceptors (Lipinski definition) is 5. The summed E-state index contributed by atoms with van der Waals surface area (Å²) in [7, 11) is 0. The fraction of sp³-hybridized carbons (Fsp3) is 0. The lowest BCUT2D eigenvalue weighted by Crippen LogP contribution is -2.41. The van der Waals surface area contributed by atoms with Gasteiger partial charge in [0, 0.05) is 11.8 Å². The van der Waals surface area contributed by atoms with Gasteiger partial charge in [0.1, 0.15) is 17.1 Å². The number of rotatable bonds is 4. The molecule has 3 N–H and O–H groups in total. The van der Waals surface area contributed by atoms with E-state index in [1.165, 1.54) is 36.5 Å². The monoisotopic (exact) mass is 349 g/mol. The smallest absolute Gasteiger partial charge is 0.275 e. The number of carbonyl (C=O) groups is 2. The van der Waals surface area contributed by atoms with E-state index >= 15 is 0 Å². The molecule has 0 aliphatic rings. The Bertz CT molecular complexity index is 929. The van der Waals surface area contributed by atoms with Crippen molar-refractivity contribution in [2.45, 2.75) is 0 Å². The van der Waals surface area contributed by atoms with Gasteiger partial charge in [-0.15, -0.1) is 0 Å². The van der Waals surface area contributed by atoms with E-state index in [-0.39, 0.29) is 22.8 Å². The predicted molar refractivity (Wildman–Crippen MR) is 93.8 cm³/mol. The van der Waals surface area contributed by atoms with Gasteiger partial charge in [0.15, 0.2) is 0 Å². The van der Waals surface area contributed by atoms with Crippen LogP contribution in [0.3, 0.4) is 0 Å². The number of hydrogen-bond donors (Lipinski definition) is 3. The summed E-state index contributed by atoms with van der Waals surface area (Å²) in [6.07, 6.45) is 1.50. The Morgan fingerprint density at radius 3 is 2.42 bits per heavy atom. The summed E-state index contributed by atoms with van der Waals surface area (Å²) < 4.78 is 5.62. The number of benzene rings is 2. The van der Waals surface area contributed by atoms with E-state index in [9.17, 15) is 14.7 Å². The first kappa shape index (κ1) is 17.0. The molecule has 1 aromatic heterocycles. The number of pyridine rings is 1. The van der Waals surface area contributed by atoms with Gasteiger partial charge in [0.05, 0.1) is 0 Å². The summed E-state index contributed by atoms with van der Waals surface area (Å²) in [6, 6.07) is 17.8. The molecule has 0 spiro atoms. The Balaban J connectivity index is 1.69. The van der Waals surface area contributed by atoms with Crippen molar-refractivity contribution < 1.29 is 19.4 Å². The number of para-hydroxylation sites is 1. The van der Waals surface area contributed by atoms with Gasteiger partial charge in [-0.3, -0.25) is 20.4 Å². The molecule has 1 heterocycles. The third kappa shape index (κ3) is 4.15. The molecule has 0 fully saturated rings. The standard InChI is InChI=1S/C19H15N3O4/c23-14-7-4-6-13(12-14)17(24)21-22-18(25)16-10-5-11-20-19(16)26-15-8-2-1-3-9-15/h1-12,23H,(H,21,24)(H,22,25). The molecule has 0 saturated carbocycles. The van der Waals surface area contributed by atoms with Crippen LogP contribution >= 0.6 is 0 Å². The Labute approximate surface area is 149 Å². The Morgan fingerprint density at radius 1 is 0.885 bits per heavy atom. The van der Waals surface area contributed by atoms with Gasteiger partial charge < -0.3 is 9.84 Å². The molecule has 0 atom stereocenters. The molecule has 0 bridgehead atoms. The molecular formula is C19H15N3O4. The second-order valence-electron chi connectivity index (χ2n) is 5.23. The first-order valence-electron chi connectivity index (χ1n) is 7.71. The lowest BCUT2D eigenvalue weighted by Gasteiger charge is -2.11. The van der Waals surface area contributed by atoms with Crippen molar-refractivity contribution in [1.82, 2.24) is 15.8 Å². The van der Waals surface area contributed by atoms with Gasteiger partial charge >= 0.3 is 0 Å². The number of ether oxygens (including phenoxy) is 1. The van der Waals surface area contributed by atoms with Crippen LogP contribution in [0.5, 0.6) is 17.4 Å². The zero-order valence-electron chi connectivity index (χ0n) is 13.5. The van der Waals surface area contributed by atoms with Crippen LogP contribution in [0.4, 0.5) is 0 Å². The SMILES string of the molecule is O=C(NNC(=O)c1cccnc1Oc1ccccc1)c1cccc(O)c1. The lowest BCUT2D eigenvalue weighted by atomic mass is 10.2. The number of carbonyl (C=O) groups excluding carboxylic acids is 2. The van der Waals surface area contributed by atoms with Gasteiger partial charge in [-0.05, 0) is 42.5 Å². The van der Waals surface area contributed by atoms with E-state index in [0.717, 1.165) is 0 Å². The number of phenolic OH excluding ortho intramolecular Hbond substituents is 1. The van der Waals surface area contributed by atoms with Crippen LogP contribution in [0.15, 0.2) is 72.9 Å². The minimum atomic E-state index is -0.586. The van der Waals surface area contributed by atoms with E-state index in [2.05, 4.69) is 15.8 Å². The number of hydrazine groups is 1. The molecular weight excluding hydrogens is 334 g/mol. The zero-order valence-corrected chi connectivity index (χ0v) is 13.5. The molecule has 0 radical (unpaired) electrons. The number of amides is 2. The highest BCUT2D eigenvalue weighted by Gasteiger charge is 2.15. The van der Waals surface area contributed by atoms with Crippen molar-refractivity contribution >= 4 is 11.8 Å². The van der Waals surface area contributed by atoms with Crippen molar-refractivity contribution in [1.29, 1.82) is 0 Å². The highest BCUT2D eigenvalue weighted by atomic mass is 16.5. The number of nitrogens with one attached hydrogen (secondary N) is 2. The Hall–Kier alpha value is -3.87. The highest BCUT2D eigenvalue weighted by molar-refractivity contribution is 6.00. The van der Waals surface area contributed by atoms with Crippen LogP contribution in [-0.2, 0) is 0 Å². The summed E-state index contributed by atoms with van der Waals surface area (Å²) in [4.78, 5) is 28.5. The van der Waals surface area contributed by atoms with Crippen LogP contribution in [0.1, 0.15) is 20.7 Å². The van der Waals surface area contributed by atoms with E-state index < -0.39 is 11.8 Å². The molecule has 3 rings (SSSR count). The highest BCUT2D eigenvalue weighted by Crippen LogP contribution is 2.22. The van der Waals surface area contributed by atoms with Crippen molar-refractivity contribution in [3.05, 3.63) is 84.1 Å². The maximum atomic E-state index is 12.4. The van der Waals surface area contributed by atoms with E-state index in [1.807, 2.05) is 6.07 Å².